The number of hydrogen-bond acceptors (Lipinski definition) is 4. The Hall–Kier alpha value is -0.910. The van der Waals surface area contributed by atoms with Crippen LogP contribution in [0.3, 0.4) is 0 Å². The van der Waals surface area contributed by atoms with Gasteiger partial charge in [-0.05, 0) is 13.3 Å². The molecule has 0 aromatic carbocycles. The van der Waals surface area contributed by atoms with Gasteiger partial charge < -0.3 is 15.5 Å². The Morgan fingerprint density at radius 1 is 1.44 bits per heavy atom. The zero-order valence-electron chi connectivity index (χ0n) is 10.2. The Labute approximate surface area is 96.1 Å². The van der Waals surface area contributed by atoms with Crippen molar-refractivity contribution in [3.63, 3.8) is 0 Å². The smallest absolute Gasteiger partial charge is 0.0648 e. The van der Waals surface area contributed by atoms with E-state index in [1.165, 1.54) is 0 Å². The van der Waals surface area contributed by atoms with Crippen molar-refractivity contribution in [2.45, 2.75) is 32.4 Å². The van der Waals surface area contributed by atoms with Gasteiger partial charge in [-0.15, -0.1) is 0 Å². The van der Waals surface area contributed by atoms with Crippen LogP contribution in [0.4, 0.5) is 0 Å². The van der Waals surface area contributed by atoms with Crippen LogP contribution in [0, 0.1) is 6.92 Å². The van der Waals surface area contributed by atoms with Gasteiger partial charge >= 0.3 is 0 Å². The normalized spacial score (nSPS) is 12.1. The van der Waals surface area contributed by atoms with Crippen LogP contribution in [0.1, 0.15) is 24.6 Å². The number of rotatable bonds is 6. The quantitative estimate of drug-likeness (QED) is 0.637. The second-order valence-electron chi connectivity index (χ2n) is 4.18. The molecule has 3 N–H and O–H groups in total. The Bertz CT molecular complexity index is 324. The third-order valence-electron chi connectivity index (χ3n) is 3.27. The van der Waals surface area contributed by atoms with Crippen molar-refractivity contribution in [3.8, 4) is 0 Å². The molecule has 5 heteroatoms. The average Bonchev–Trinajstić information content (AvgIpc) is 2.63. The molecular formula is C11H21N3O2. The van der Waals surface area contributed by atoms with Crippen LogP contribution in [0.15, 0.2) is 6.20 Å². The maximum atomic E-state index is 9.29. The van der Waals surface area contributed by atoms with E-state index in [-0.39, 0.29) is 13.2 Å². The second kappa shape index (κ2) is 5.43. The fraction of sp³-hybridized carbons (Fsp3) is 0.727. The molecule has 0 aliphatic carbocycles. The minimum atomic E-state index is -0.595. The minimum Gasteiger partial charge on any atom is -0.394 e. The first-order chi connectivity index (χ1) is 7.58. The highest BCUT2D eigenvalue weighted by molar-refractivity contribution is 5.15. The molecule has 1 heterocycles. The number of aliphatic hydroxyl groups is 2. The van der Waals surface area contributed by atoms with Crippen molar-refractivity contribution in [1.82, 2.24) is 15.1 Å². The van der Waals surface area contributed by atoms with Gasteiger partial charge in [0.05, 0.1) is 24.9 Å². The van der Waals surface area contributed by atoms with E-state index in [0.717, 1.165) is 11.3 Å². The molecule has 0 saturated carbocycles. The molecule has 0 aliphatic rings. The van der Waals surface area contributed by atoms with Gasteiger partial charge in [-0.25, -0.2) is 0 Å². The predicted octanol–water partition coefficient (Wildman–Crippen LogP) is -0.0485. The lowest BCUT2D eigenvalue weighted by Gasteiger charge is -2.29. The minimum absolute atomic E-state index is 0.0701. The molecule has 0 bridgehead atoms. The first kappa shape index (κ1) is 13.2. The monoisotopic (exact) mass is 227 g/mol. The maximum absolute atomic E-state index is 9.29. The molecule has 0 saturated heterocycles. The Kier molecular flexibility index (Phi) is 4.46. The molecule has 0 unspecified atom stereocenters. The van der Waals surface area contributed by atoms with Crippen LogP contribution >= 0.6 is 0 Å². The highest BCUT2D eigenvalue weighted by Crippen LogP contribution is 2.12. The average molecular weight is 227 g/mol. The largest absolute Gasteiger partial charge is 0.394 e. The van der Waals surface area contributed by atoms with Crippen molar-refractivity contribution in [2.24, 2.45) is 7.05 Å². The summed E-state index contributed by atoms with van der Waals surface area (Å²) < 4.78 is 1.81. The number of aromatic nitrogens is 2. The molecule has 0 radical (unpaired) electrons. The van der Waals surface area contributed by atoms with Crippen LogP contribution in [-0.4, -0.2) is 38.7 Å². The number of nitrogens with zero attached hydrogens (tertiary/aromatic N) is 2. The van der Waals surface area contributed by atoms with E-state index in [1.807, 2.05) is 25.6 Å². The van der Waals surface area contributed by atoms with Gasteiger partial charge in [0, 0.05) is 24.8 Å². The molecule has 0 fully saturated rings. The Morgan fingerprint density at radius 3 is 2.44 bits per heavy atom. The van der Waals surface area contributed by atoms with Crippen LogP contribution in [0.25, 0.3) is 0 Å². The van der Waals surface area contributed by atoms with Gasteiger partial charge in [0.25, 0.3) is 0 Å². The molecule has 1 aromatic heterocycles. The van der Waals surface area contributed by atoms with E-state index >= 15 is 0 Å². The summed E-state index contributed by atoms with van der Waals surface area (Å²) >= 11 is 0. The highest BCUT2D eigenvalue weighted by Gasteiger charge is 2.25. The van der Waals surface area contributed by atoms with E-state index in [4.69, 9.17) is 0 Å². The van der Waals surface area contributed by atoms with Gasteiger partial charge in [0.2, 0.25) is 0 Å². The predicted molar refractivity (Wildman–Crippen MR) is 62.0 cm³/mol. The van der Waals surface area contributed by atoms with E-state index < -0.39 is 5.54 Å². The summed E-state index contributed by atoms with van der Waals surface area (Å²) in [7, 11) is 1.89. The van der Waals surface area contributed by atoms with Gasteiger partial charge in [-0.3, -0.25) is 4.68 Å². The van der Waals surface area contributed by atoms with Gasteiger partial charge in [-0.1, -0.05) is 6.92 Å². The first-order valence-electron chi connectivity index (χ1n) is 5.53. The fourth-order valence-electron chi connectivity index (χ4n) is 1.51. The summed E-state index contributed by atoms with van der Waals surface area (Å²) in [5.74, 6) is 0. The lowest BCUT2D eigenvalue weighted by atomic mass is 9.98. The van der Waals surface area contributed by atoms with Gasteiger partial charge in [-0.2, -0.15) is 5.10 Å². The van der Waals surface area contributed by atoms with E-state index in [9.17, 15) is 10.2 Å². The Morgan fingerprint density at radius 2 is 2.06 bits per heavy atom. The Balaban J connectivity index is 2.66. The number of aliphatic hydroxyl groups excluding tert-OH is 2. The van der Waals surface area contributed by atoms with Crippen molar-refractivity contribution in [2.75, 3.05) is 13.2 Å². The lowest BCUT2D eigenvalue weighted by molar-refractivity contribution is 0.0863. The van der Waals surface area contributed by atoms with E-state index in [1.54, 1.807) is 6.20 Å². The highest BCUT2D eigenvalue weighted by atomic mass is 16.3. The molecule has 0 aliphatic heterocycles. The molecule has 16 heavy (non-hydrogen) atoms. The van der Waals surface area contributed by atoms with Crippen molar-refractivity contribution < 1.29 is 10.2 Å². The number of nitrogens with one attached hydrogen (secondary N) is 1. The first-order valence-corrected chi connectivity index (χ1v) is 5.53. The van der Waals surface area contributed by atoms with Crippen LogP contribution in [0.2, 0.25) is 0 Å². The van der Waals surface area contributed by atoms with Crippen molar-refractivity contribution in [3.05, 3.63) is 17.5 Å². The molecule has 1 aromatic rings. The van der Waals surface area contributed by atoms with Gasteiger partial charge in [0.1, 0.15) is 0 Å². The van der Waals surface area contributed by atoms with Gasteiger partial charge in [0.15, 0.2) is 0 Å². The zero-order chi connectivity index (χ0) is 12.2. The molecule has 1 rings (SSSR count). The molecule has 0 spiro atoms. The summed E-state index contributed by atoms with van der Waals surface area (Å²) in [5, 5.41) is 25.9. The zero-order valence-corrected chi connectivity index (χ0v) is 10.2. The second-order valence-corrected chi connectivity index (χ2v) is 4.18. The third-order valence-corrected chi connectivity index (χ3v) is 3.27. The summed E-state index contributed by atoms with van der Waals surface area (Å²) in [6, 6.07) is 0. The van der Waals surface area contributed by atoms with Crippen LogP contribution in [-0.2, 0) is 13.6 Å². The number of hydrogen-bond donors (Lipinski definition) is 3. The summed E-state index contributed by atoms with van der Waals surface area (Å²) in [4.78, 5) is 0. The van der Waals surface area contributed by atoms with Crippen LogP contribution < -0.4 is 5.32 Å². The molecule has 0 amide bonds. The van der Waals surface area contributed by atoms with Crippen LogP contribution in [0.5, 0.6) is 0 Å². The fourth-order valence-corrected chi connectivity index (χ4v) is 1.51. The third kappa shape index (κ3) is 2.61. The van der Waals surface area contributed by atoms with Crippen molar-refractivity contribution >= 4 is 0 Å². The molecule has 92 valence electrons. The lowest BCUT2D eigenvalue weighted by Crippen LogP contribution is -2.50. The molecule has 0 atom stereocenters. The maximum Gasteiger partial charge on any atom is 0.0648 e. The van der Waals surface area contributed by atoms with E-state index in [2.05, 4.69) is 10.4 Å². The molecular weight excluding hydrogens is 206 g/mol. The standard InChI is InChI=1S/C11H21N3O2/c1-4-11(7-15,8-16)12-5-10-6-13-14(3)9(10)2/h6,12,15-16H,4-5,7-8H2,1-3H3. The SMILES string of the molecule is CCC(CO)(CO)NCc1cnn(C)c1C. The summed E-state index contributed by atoms with van der Waals surface area (Å²) in [6.45, 7) is 4.40. The summed E-state index contributed by atoms with van der Waals surface area (Å²) in [6.07, 6.45) is 2.48. The van der Waals surface area contributed by atoms with Crippen molar-refractivity contribution in [1.29, 1.82) is 0 Å². The number of aryl methyl sites for hydroxylation is 1. The summed E-state index contributed by atoms with van der Waals surface area (Å²) in [5.41, 5.74) is 1.58. The topological polar surface area (TPSA) is 70.3 Å². The molecule has 5 nitrogen and oxygen atoms in total. The van der Waals surface area contributed by atoms with E-state index in [0.29, 0.717) is 13.0 Å².